The summed E-state index contributed by atoms with van der Waals surface area (Å²) in [4.78, 5) is 2.71. The van der Waals surface area contributed by atoms with Gasteiger partial charge in [-0.3, -0.25) is 4.90 Å². The molecule has 0 spiro atoms. The molecule has 2 nitrogen and oxygen atoms in total. The summed E-state index contributed by atoms with van der Waals surface area (Å²) in [5, 5.41) is 0. The average molecular weight is 293 g/mol. The van der Waals surface area contributed by atoms with E-state index in [1.54, 1.807) is 0 Å². The molecule has 0 amide bonds. The lowest BCUT2D eigenvalue weighted by atomic mass is 9.85. The molecule has 3 rings (SSSR count). The van der Waals surface area contributed by atoms with Crippen molar-refractivity contribution < 1.29 is 3.07 Å². The highest BCUT2D eigenvalue weighted by atomic mass is 127. The lowest BCUT2D eigenvalue weighted by molar-refractivity contribution is 0.0439. The molecule has 0 bridgehead atoms. The zero-order valence-corrected chi connectivity index (χ0v) is 10.0. The van der Waals surface area contributed by atoms with Crippen LogP contribution in [0.3, 0.4) is 0 Å². The number of halogens is 1. The molecule has 2 aliphatic heterocycles. The molecule has 0 aromatic rings. The molecule has 2 saturated heterocycles. The van der Waals surface area contributed by atoms with Gasteiger partial charge in [-0.05, 0) is 51.6 Å². The van der Waals surface area contributed by atoms with Crippen LogP contribution in [0.15, 0.2) is 0 Å². The van der Waals surface area contributed by atoms with Gasteiger partial charge in [0.15, 0.2) is 0 Å². The lowest BCUT2D eigenvalue weighted by Gasteiger charge is -2.38. The van der Waals surface area contributed by atoms with Crippen molar-refractivity contribution in [2.45, 2.75) is 49.7 Å². The molecule has 3 fully saturated rings. The topological polar surface area (TPSA) is 12.5 Å². The van der Waals surface area contributed by atoms with Crippen molar-refractivity contribution in [1.29, 1.82) is 0 Å². The Morgan fingerprint density at radius 2 is 1.62 bits per heavy atom. The third-order valence-electron chi connectivity index (χ3n) is 4.34. The molecule has 74 valence electrons. The Bertz CT molecular complexity index is 217. The van der Waals surface area contributed by atoms with Crippen LogP contribution in [-0.4, -0.2) is 29.1 Å². The van der Waals surface area contributed by atoms with Gasteiger partial charge >= 0.3 is 0 Å². The summed E-state index contributed by atoms with van der Waals surface area (Å²) in [6.07, 6.45) is 8.15. The van der Waals surface area contributed by atoms with Crippen LogP contribution in [0.1, 0.15) is 38.5 Å². The number of rotatable bonds is 2. The second-order valence-electron chi connectivity index (χ2n) is 4.80. The molecular weight excluding hydrogens is 277 g/mol. The van der Waals surface area contributed by atoms with E-state index in [4.69, 9.17) is 3.07 Å². The summed E-state index contributed by atoms with van der Waals surface area (Å²) in [7, 11) is 0. The minimum absolute atomic E-state index is 0.264. The van der Waals surface area contributed by atoms with Gasteiger partial charge < -0.3 is 3.07 Å². The van der Waals surface area contributed by atoms with Crippen molar-refractivity contribution in [3.63, 3.8) is 0 Å². The Morgan fingerprint density at radius 1 is 1.00 bits per heavy atom. The highest BCUT2D eigenvalue weighted by molar-refractivity contribution is 14.1. The molecular formula is C10H16INO. The quantitative estimate of drug-likeness (QED) is 0.725. The Morgan fingerprint density at radius 3 is 2.08 bits per heavy atom. The van der Waals surface area contributed by atoms with Crippen molar-refractivity contribution in [3.05, 3.63) is 0 Å². The van der Waals surface area contributed by atoms with Gasteiger partial charge in [0.1, 0.15) is 23.0 Å². The third-order valence-corrected chi connectivity index (χ3v) is 5.19. The molecule has 13 heavy (non-hydrogen) atoms. The lowest BCUT2D eigenvalue weighted by Crippen LogP contribution is -2.50. The maximum atomic E-state index is 5.77. The molecule has 0 radical (unpaired) electrons. The van der Waals surface area contributed by atoms with Crippen LogP contribution in [0, 0.1) is 0 Å². The summed E-state index contributed by atoms with van der Waals surface area (Å²) in [5.41, 5.74) is 0.731. The predicted octanol–water partition coefficient (Wildman–Crippen LogP) is 2.51. The molecule has 0 unspecified atom stereocenters. The first-order chi connectivity index (χ1) is 6.33. The van der Waals surface area contributed by atoms with Crippen LogP contribution < -0.4 is 0 Å². The number of nitrogens with zero attached hydrogens (tertiary/aromatic N) is 1. The van der Waals surface area contributed by atoms with Gasteiger partial charge in [0, 0.05) is 0 Å². The van der Waals surface area contributed by atoms with Gasteiger partial charge in [0.05, 0.1) is 11.1 Å². The number of hydrogen-bond acceptors (Lipinski definition) is 2. The predicted molar refractivity (Wildman–Crippen MR) is 59.8 cm³/mol. The maximum Gasteiger partial charge on any atom is 0.110 e. The van der Waals surface area contributed by atoms with E-state index in [9.17, 15) is 0 Å². The molecule has 1 saturated carbocycles. The van der Waals surface area contributed by atoms with Crippen molar-refractivity contribution in [2.24, 2.45) is 0 Å². The average Bonchev–Trinajstić information content (AvgIpc) is 2.66. The first-order valence-electron chi connectivity index (χ1n) is 5.38. The highest BCUT2D eigenvalue weighted by Gasteiger charge is 2.65. The normalized spacial score (nSPS) is 34.8. The van der Waals surface area contributed by atoms with Crippen molar-refractivity contribution >= 4 is 23.0 Å². The highest BCUT2D eigenvalue weighted by Crippen LogP contribution is 2.59. The summed E-state index contributed by atoms with van der Waals surface area (Å²) < 4.78 is 5.77. The van der Waals surface area contributed by atoms with Crippen molar-refractivity contribution in [3.8, 4) is 0 Å². The van der Waals surface area contributed by atoms with E-state index in [1.165, 1.54) is 51.6 Å². The van der Waals surface area contributed by atoms with Crippen LogP contribution >= 0.6 is 23.0 Å². The first-order valence-corrected chi connectivity index (χ1v) is 6.26. The monoisotopic (exact) mass is 293 g/mol. The SMILES string of the molecule is IOC1(C23CCCN2CCC3)CC1. The van der Waals surface area contributed by atoms with E-state index in [1.807, 2.05) is 0 Å². The van der Waals surface area contributed by atoms with Crippen LogP contribution in [0.4, 0.5) is 0 Å². The van der Waals surface area contributed by atoms with E-state index in [0.717, 1.165) is 0 Å². The summed E-state index contributed by atoms with van der Waals surface area (Å²) in [6.45, 7) is 2.64. The molecule has 0 atom stereocenters. The van der Waals surface area contributed by atoms with Gasteiger partial charge in [0.2, 0.25) is 0 Å². The largest absolute Gasteiger partial charge is 0.307 e. The van der Waals surface area contributed by atoms with Crippen molar-refractivity contribution in [1.82, 2.24) is 4.90 Å². The number of hydrogen-bond donors (Lipinski definition) is 0. The summed E-state index contributed by atoms with van der Waals surface area (Å²) in [5.74, 6) is 0. The van der Waals surface area contributed by atoms with Crippen LogP contribution in [-0.2, 0) is 3.07 Å². The van der Waals surface area contributed by atoms with E-state index in [-0.39, 0.29) is 5.60 Å². The zero-order chi connectivity index (χ0) is 8.94. The van der Waals surface area contributed by atoms with Crippen LogP contribution in [0.25, 0.3) is 0 Å². The summed E-state index contributed by atoms with van der Waals surface area (Å²) >= 11 is 2.13. The van der Waals surface area contributed by atoms with Crippen molar-refractivity contribution in [2.75, 3.05) is 13.1 Å². The Labute approximate surface area is 93.7 Å². The molecule has 0 aromatic carbocycles. The molecule has 3 aliphatic rings. The summed E-state index contributed by atoms with van der Waals surface area (Å²) in [6, 6.07) is 0. The molecule has 2 heterocycles. The van der Waals surface area contributed by atoms with E-state index < -0.39 is 0 Å². The van der Waals surface area contributed by atoms with Gasteiger partial charge in [-0.1, -0.05) is 0 Å². The molecule has 0 aromatic heterocycles. The van der Waals surface area contributed by atoms with Gasteiger partial charge in [-0.2, -0.15) is 0 Å². The van der Waals surface area contributed by atoms with Crippen LogP contribution in [0.2, 0.25) is 0 Å². The molecule has 1 aliphatic carbocycles. The Hall–Kier alpha value is 0.650. The second-order valence-corrected chi connectivity index (χ2v) is 5.24. The number of fused-ring (bicyclic) bond motifs is 1. The third kappa shape index (κ3) is 1.01. The Kier molecular flexibility index (Phi) is 1.94. The van der Waals surface area contributed by atoms with E-state index in [0.29, 0.717) is 5.54 Å². The minimum Gasteiger partial charge on any atom is -0.307 e. The standard InChI is InChI=1S/C10H16INO/c11-13-10(5-6-10)9-3-1-7-12(9)8-2-4-9/h1-8H2. The Balaban J connectivity index is 1.93. The fourth-order valence-corrected chi connectivity index (χ4v) is 4.43. The van der Waals surface area contributed by atoms with Gasteiger partial charge in [-0.15, -0.1) is 0 Å². The van der Waals surface area contributed by atoms with Gasteiger partial charge in [-0.25, -0.2) is 0 Å². The minimum atomic E-state index is 0.264. The van der Waals surface area contributed by atoms with E-state index >= 15 is 0 Å². The van der Waals surface area contributed by atoms with Gasteiger partial charge in [0.25, 0.3) is 0 Å². The van der Waals surface area contributed by atoms with E-state index in [2.05, 4.69) is 27.9 Å². The smallest absolute Gasteiger partial charge is 0.110 e. The first kappa shape index (κ1) is 8.92. The molecule has 0 N–H and O–H groups in total. The maximum absolute atomic E-state index is 5.77. The fraction of sp³-hybridized carbons (Fsp3) is 1.00. The fourth-order valence-electron chi connectivity index (χ4n) is 3.58. The zero-order valence-electron chi connectivity index (χ0n) is 7.89. The van der Waals surface area contributed by atoms with Crippen LogP contribution in [0.5, 0.6) is 0 Å². The second kappa shape index (κ2) is 2.83. The molecule has 3 heteroatoms.